The molecule has 1 unspecified atom stereocenters. The van der Waals surface area contributed by atoms with E-state index in [1.807, 2.05) is 13.8 Å². The van der Waals surface area contributed by atoms with E-state index in [2.05, 4.69) is 40.1 Å². The van der Waals surface area contributed by atoms with Crippen molar-refractivity contribution in [3.63, 3.8) is 0 Å². The minimum absolute atomic E-state index is 0.00799. The van der Waals surface area contributed by atoms with Crippen LogP contribution in [0.5, 0.6) is 0 Å². The number of nitrogens with two attached hydrogens (primary N) is 1. The second kappa shape index (κ2) is 17.1. The summed E-state index contributed by atoms with van der Waals surface area (Å²) in [6.07, 6.45) is 8.59. The maximum absolute atomic E-state index is 15.9. The van der Waals surface area contributed by atoms with Crippen molar-refractivity contribution < 1.29 is 27.5 Å². The van der Waals surface area contributed by atoms with Crippen LogP contribution in [0.25, 0.3) is 11.1 Å². The molecule has 0 saturated heterocycles. The Kier molecular flexibility index (Phi) is 13.0. The van der Waals surface area contributed by atoms with Crippen LogP contribution in [0, 0.1) is 37.5 Å². The molecule has 0 radical (unpaired) electrons. The smallest absolute Gasteiger partial charge is 0.267 e. The third-order valence-electron chi connectivity index (χ3n) is 11.2. The Labute approximate surface area is 306 Å². The molecule has 2 aliphatic carbocycles. The van der Waals surface area contributed by atoms with Gasteiger partial charge in [-0.1, -0.05) is 83.8 Å². The number of aryl methyl sites for hydroxylation is 1. The van der Waals surface area contributed by atoms with Gasteiger partial charge in [-0.25, -0.2) is 18.4 Å². The van der Waals surface area contributed by atoms with Gasteiger partial charge in [0.2, 0.25) is 11.9 Å². The summed E-state index contributed by atoms with van der Waals surface area (Å²) < 4.78 is 52.4. The average Bonchev–Trinajstić information content (AvgIpc) is 3.65. The molecular weight excluding hydrogens is 688 g/mol. The molecule has 0 bridgehead atoms. The number of nitrogens with zero attached hydrogens (tertiary/aromatic N) is 5. The number of ether oxygens (including phenoxy) is 1. The number of carbonyl (C=O) groups excluding carboxylic acids is 2. The summed E-state index contributed by atoms with van der Waals surface area (Å²) in [4.78, 5) is 31.8. The highest BCUT2D eigenvalue weighted by atomic mass is 28.3. The van der Waals surface area contributed by atoms with E-state index in [4.69, 9.17) is 10.5 Å². The third-order valence-corrected chi connectivity index (χ3v) is 12.9. The lowest BCUT2D eigenvalue weighted by Crippen LogP contribution is -2.39. The number of alkyl halides is 2. The van der Waals surface area contributed by atoms with Crippen LogP contribution in [0.2, 0.25) is 25.7 Å². The predicted octanol–water partition coefficient (Wildman–Crippen LogP) is 8.63. The van der Waals surface area contributed by atoms with Crippen molar-refractivity contribution in [2.24, 2.45) is 23.5 Å². The Morgan fingerprint density at radius 3 is 2.17 bits per heavy atom. The van der Waals surface area contributed by atoms with Gasteiger partial charge in [0.1, 0.15) is 24.3 Å². The molecule has 5 rings (SSSR count). The van der Waals surface area contributed by atoms with Crippen LogP contribution >= 0.6 is 0 Å². The Balaban J connectivity index is 1.49. The average molecular weight is 744 g/mol. The number of anilines is 1. The lowest BCUT2D eigenvalue weighted by Gasteiger charge is -2.42. The van der Waals surface area contributed by atoms with Crippen molar-refractivity contribution in [3.8, 4) is 11.1 Å². The van der Waals surface area contributed by atoms with Crippen LogP contribution in [0.1, 0.15) is 111 Å². The fourth-order valence-corrected chi connectivity index (χ4v) is 9.16. The number of hydrogen-bond acceptors (Lipinski definition) is 6. The van der Waals surface area contributed by atoms with Gasteiger partial charge in [0, 0.05) is 37.1 Å². The van der Waals surface area contributed by atoms with Crippen molar-refractivity contribution in [2.45, 2.75) is 136 Å². The zero-order valence-corrected chi connectivity index (χ0v) is 32.6. The fraction of sp³-hybridized carbons (Fsp3) is 0.658. The van der Waals surface area contributed by atoms with Crippen LogP contribution in [-0.4, -0.2) is 57.5 Å². The first-order chi connectivity index (χ1) is 24.7. The van der Waals surface area contributed by atoms with Gasteiger partial charge in [-0.05, 0) is 56.7 Å². The molecule has 2 saturated carbocycles. The van der Waals surface area contributed by atoms with Crippen molar-refractivity contribution in [2.75, 3.05) is 11.9 Å². The van der Waals surface area contributed by atoms with E-state index in [9.17, 15) is 18.4 Å². The molecule has 2 atom stereocenters. The van der Waals surface area contributed by atoms with E-state index in [-0.39, 0.29) is 47.1 Å². The van der Waals surface area contributed by atoms with E-state index < -0.39 is 44.2 Å². The van der Waals surface area contributed by atoms with Crippen LogP contribution < -0.4 is 11.1 Å². The summed E-state index contributed by atoms with van der Waals surface area (Å²) in [5, 5.41) is 11.7. The van der Waals surface area contributed by atoms with Gasteiger partial charge in [-0.2, -0.15) is 14.6 Å². The predicted molar refractivity (Wildman–Crippen MR) is 198 cm³/mol. The first-order valence-electron chi connectivity index (χ1n) is 18.9. The molecular formula is C38H56F3N7O3Si. The second-order valence-electron chi connectivity index (χ2n) is 16.1. The van der Waals surface area contributed by atoms with Crippen molar-refractivity contribution >= 4 is 25.7 Å². The summed E-state index contributed by atoms with van der Waals surface area (Å²) in [5.74, 6) is -2.93. The first kappa shape index (κ1) is 39.7. The molecule has 0 aliphatic heterocycles. The maximum Gasteiger partial charge on any atom is 0.267 e. The lowest BCUT2D eigenvalue weighted by molar-refractivity contribution is -0.120. The first-order valence-corrected chi connectivity index (χ1v) is 22.6. The maximum atomic E-state index is 15.9. The molecule has 3 heterocycles. The topological polar surface area (TPSA) is 130 Å². The number of primary amides is 1. The number of amides is 2. The second-order valence-corrected chi connectivity index (χ2v) is 21.7. The molecule has 3 N–H and O–H groups in total. The number of aromatic nitrogens is 5. The van der Waals surface area contributed by atoms with Crippen molar-refractivity contribution in [1.82, 2.24) is 24.5 Å². The van der Waals surface area contributed by atoms with E-state index in [1.54, 1.807) is 16.8 Å². The molecule has 10 nitrogen and oxygen atoms in total. The number of carbonyl (C=O) groups is 2. The SMILES string of the molecule is Cc1nn(COCC[Si](C)(C)C)c(C)c1-c1ccc(NC(=O)[C@H](c2cnn(C(C)C(F)F)c2C(N)=O)C(C2CCCCC2)C2CCCCC2)nc1F. The fourth-order valence-electron chi connectivity index (χ4n) is 8.40. The molecule has 286 valence electrons. The minimum Gasteiger partial charge on any atom is -0.364 e. The molecule has 3 aromatic rings. The Morgan fingerprint density at radius 1 is 1.02 bits per heavy atom. The molecule has 2 aliphatic rings. The zero-order chi connectivity index (χ0) is 37.7. The molecule has 2 amide bonds. The molecule has 3 aromatic heterocycles. The number of halogens is 3. The van der Waals surface area contributed by atoms with E-state index in [0.29, 0.717) is 17.9 Å². The number of nitrogens with one attached hydrogen (secondary N) is 1. The van der Waals surface area contributed by atoms with Crippen LogP contribution in [-0.2, 0) is 16.3 Å². The lowest BCUT2D eigenvalue weighted by atomic mass is 9.63. The standard InChI is InChI=1S/C38H56F3N7O3Si/c1-23-31(24(2)47(46-23)22-51-19-20-52(4,5)6)28-17-18-30(44-36(28)41)45-38(50)33(29-21-43-48(25(3)35(39)40)34(29)37(42)49)32(26-13-9-7-10-14-26)27-15-11-8-12-16-27/h17-18,21,25-27,32-33,35H,7-16,19-20,22H2,1-6H3,(H2,42,49)(H,44,45,50)/t25?,33-/m1/s1. The number of rotatable bonds is 15. The summed E-state index contributed by atoms with van der Waals surface area (Å²) in [6, 6.07) is 2.73. The quantitative estimate of drug-likeness (QED) is 0.0911. The summed E-state index contributed by atoms with van der Waals surface area (Å²) >= 11 is 0. The van der Waals surface area contributed by atoms with Crippen LogP contribution in [0.4, 0.5) is 19.0 Å². The van der Waals surface area contributed by atoms with Crippen LogP contribution in [0.3, 0.4) is 0 Å². The summed E-state index contributed by atoms with van der Waals surface area (Å²) in [7, 11) is -1.25. The summed E-state index contributed by atoms with van der Waals surface area (Å²) in [6.45, 7) is 12.7. The van der Waals surface area contributed by atoms with Gasteiger partial charge >= 0.3 is 0 Å². The highest BCUT2D eigenvalue weighted by Crippen LogP contribution is 2.48. The Morgan fingerprint density at radius 2 is 1.63 bits per heavy atom. The zero-order valence-electron chi connectivity index (χ0n) is 31.6. The van der Waals surface area contributed by atoms with E-state index in [1.165, 1.54) is 13.1 Å². The van der Waals surface area contributed by atoms with Crippen LogP contribution in [0.15, 0.2) is 18.3 Å². The van der Waals surface area contributed by atoms with Gasteiger partial charge in [-0.15, -0.1) is 0 Å². The van der Waals surface area contributed by atoms with Gasteiger partial charge in [0.15, 0.2) is 0 Å². The normalized spacial score (nSPS) is 17.5. The number of pyridine rings is 1. The van der Waals surface area contributed by atoms with Crippen molar-refractivity contribution in [1.29, 1.82) is 0 Å². The Bertz CT molecular complexity index is 1680. The van der Waals surface area contributed by atoms with Gasteiger partial charge in [0.25, 0.3) is 12.3 Å². The summed E-state index contributed by atoms with van der Waals surface area (Å²) in [5.41, 5.74) is 8.13. The third kappa shape index (κ3) is 9.15. The molecule has 14 heteroatoms. The molecule has 0 aromatic carbocycles. The molecule has 0 spiro atoms. The minimum atomic E-state index is -2.81. The van der Waals surface area contributed by atoms with E-state index in [0.717, 1.165) is 80.6 Å². The molecule has 2 fully saturated rings. The number of hydrogen-bond donors (Lipinski definition) is 2. The largest absolute Gasteiger partial charge is 0.364 e. The highest BCUT2D eigenvalue weighted by Gasteiger charge is 2.44. The van der Waals surface area contributed by atoms with E-state index >= 15 is 4.39 Å². The van der Waals surface area contributed by atoms with Gasteiger partial charge < -0.3 is 15.8 Å². The van der Waals surface area contributed by atoms with Gasteiger partial charge in [-0.3, -0.25) is 14.3 Å². The molecule has 52 heavy (non-hydrogen) atoms. The van der Waals surface area contributed by atoms with Gasteiger partial charge in [0.05, 0.1) is 17.8 Å². The monoisotopic (exact) mass is 743 g/mol. The highest BCUT2D eigenvalue weighted by molar-refractivity contribution is 6.76. The van der Waals surface area contributed by atoms with Crippen molar-refractivity contribution in [3.05, 3.63) is 46.9 Å². The Hall–Kier alpha value is -3.52.